The number of hydrogen-bond donors (Lipinski definition) is 2. The summed E-state index contributed by atoms with van der Waals surface area (Å²) in [5, 5.41) is 11.5. The summed E-state index contributed by atoms with van der Waals surface area (Å²) < 4.78 is 6.50. The highest BCUT2D eigenvalue weighted by atomic mass is 16.5. The van der Waals surface area contributed by atoms with E-state index in [1.165, 1.54) is 23.1 Å². The van der Waals surface area contributed by atoms with Crippen LogP contribution < -0.4 is 5.32 Å². The van der Waals surface area contributed by atoms with Gasteiger partial charge in [0.25, 0.3) is 0 Å². The number of allylic oxidation sites excluding steroid dienone is 7. The van der Waals surface area contributed by atoms with Crippen LogP contribution in [0.2, 0.25) is 13.1 Å². The van der Waals surface area contributed by atoms with E-state index < -0.39 is 0 Å². The van der Waals surface area contributed by atoms with Crippen molar-refractivity contribution in [3.05, 3.63) is 59.4 Å². The Bertz CT molecular complexity index is 729. The third kappa shape index (κ3) is 4.43. The molecule has 3 rings (SSSR count). The van der Waals surface area contributed by atoms with Gasteiger partial charge < -0.3 is 15.5 Å². The van der Waals surface area contributed by atoms with E-state index in [4.69, 9.17) is 10.1 Å². The van der Waals surface area contributed by atoms with Crippen LogP contribution >= 0.6 is 0 Å². The van der Waals surface area contributed by atoms with Gasteiger partial charge in [-0.25, -0.2) is 0 Å². The zero-order valence-electron chi connectivity index (χ0n) is 17.7. The van der Waals surface area contributed by atoms with Crippen LogP contribution in [0.1, 0.15) is 33.1 Å². The summed E-state index contributed by atoms with van der Waals surface area (Å²) in [6.07, 6.45) is 21.0. The second-order valence-corrected chi connectivity index (χ2v) is 8.67. The monoisotopic (exact) mass is 377 g/mol. The van der Waals surface area contributed by atoms with Crippen LogP contribution in [-0.2, 0) is 4.74 Å². The van der Waals surface area contributed by atoms with E-state index in [2.05, 4.69) is 75.8 Å². The van der Waals surface area contributed by atoms with Crippen molar-refractivity contribution in [2.45, 2.75) is 58.5 Å². The second-order valence-electron chi connectivity index (χ2n) is 8.67. The van der Waals surface area contributed by atoms with Gasteiger partial charge >= 0.3 is 0 Å². The fraction of sp³-hybridized carbons (Fsp3) is 0.542. The molecule has 3 nitrogen and oxygen atoms in total. The Hall–Kier alpha value is -1.81. The smallest absolute Gasteiger partial charge is 0.111 e. The van der Waals surface area contributed by atoms with Crippen molar-refractivity contribution in [1.82, 2.24) is 5.32 Å². The molecule has 2 unspecified atom stereocenters. The summed E-state index contributed by atoms with van der Waals surface area (Å²) in [4.78, 5) is 0. The van der Waals surface area contributed by atoms with Crippen LogP contribution in [0.3, 0.4) is 0 Å². The van der Waals surface area contributed by atoms with Gasteiger partial charge in [0.2, 0.25) is 0 Å². The Balaban J connectivity index is 1.78. The normalized spacial score (nSPS) is 27.9. The zero-order valence-corrected chi connectivity index (χ0v) is 17.7. The van der Waals surface area contributed by atoms with Crippen molar-refractivity contribution < 1.29 is 4.74 Å². The quantitative estimate of drug-likeness (QED) is 0.351. The molecule has 4 atom stereocenters. The largest absolute Gasteiger partial charge is 0.388 e. The first-order chi connectivity index (χ1) is 13.5. The van der Waals surface area contributed by atoms with Crippen molar-refractivity contribution in [2.24, 2.45) is 17.3 Å². The van der Waals surface area contributed by atoms with Crippen LogP contribution in [0.25, 0.3) is 0 Å². The number of likely N-dealkylation sites (N-methyl/N-ethyl adjacent to an activating group) is 1. The van der Waals surface area contributed by atoms with Crippen molar-refractivity contribution in [2.75, 3.05) is 7.05 Å². The van der Waals surface area contributed by atoms with E-state index in [-0.39, 0.29) is 17.6 Å². The van der Waals surface area contributed by atoms with E-state index >= 15 is 0 Å². The predicted molar refractivity (Wildman–Crippen MR) is 120 cm³/mol. The molecular formula is C24H34BN2O. The SMILES string of the molecule is C[B]CC1=CC(NC)=C(C(C)(C)C(C=N)O[C@@H]2C=C[C@@H]3C=CC=CC3C2)CC1. The molecule has 3 aliphatic rings. The fourth-order valence-electron chi connectivity index (χ4n) is 4.69. The van der Waals surface area contributed by atoms with Crippen molar-refractivity contribution in [3.63, 3.8) is 0 Å². The molecule has 0 bridgehead atoms. The van der Waals surface area contributed by atoms with Gasteiger partial charge in [0.05, 0.1) is 6.10 Å². The molecular weight excluding hydrogens is 343 g/mol. The molecule has 0 aromatic rings. The summed E-state index contributed by atoms with van der Waals surface area (Å²) in [6.45, 7) is 6.55. The number of nitrogens with one attached hydrogen (secondary N) is 2. The molecule has 0 heterocycles. The summed E-state index contributed by atoms with van der Waals surface area (Å²) in [5.41, 5.74) is 3.80. The highest BCUT2D eigenvalue weighted by Gasteiger charge is 2.37. The lowest BCUT2D eigenvalue weighted by atomic mass is 9.69. The van der Waals surface area contributed by atoms with Crippen LogP contribution in [0.5, 0.6) is 0 Å². The summed E-state index contributed by atoms with van der Waals surface area (Å²) in [7, 11) is 4.21. The highest BCUT2D eigenvalue weighted by molar-refractivity contribution is 6.34. The molecule has 28 heavy (non-hydrogen) atoms. The van der Waals surface area contributed by atoms with Gasteiger partial charge in [-0.15, -0.1) is 0 Å². The molecule has 0 saturated heterocycles. The molecule has 0 aromatic carbocycles. The maximum Gasteiger partial charge on any atom is 0.111 e. The van der Waals surface area contributed by atoms with E-state index in [1.807, 2.05) is 7.05 Å². The number of rotatable bonds is 8. The maximum absolute atomic E-state index is 8.10. The first kappa shape index (κ1) is 20.9. The average molecular weight is 377 g/mol. The van der Waals surface area contributed by atoms with Crippen LogP contribution in [0.15, 0.2) is 59.4 Å². The average Bonchev–Trinajstić information content (AvgIpc) is 2.71. The molecule has 0 aliphatic heterocycles. The van der Waals surface area contributed by atoms with Gasteiger partial charge in [0.1, 0.15) is 13.4 Å². The fourth-order valence-corrected chi connectivity index (χ4v) is 4.69. The molecule has 0 aromatic heterocycles. The third-order valence-electron chi connectivity index (χ3n) is 6.42. The molecule has 2 N–H and O–H groups in total. The lowest BCUT2D eigenvalue weighted by Crippen LogP contribution is -2.40. The Morgan fingerprint density at radius 3 is 2.75 bits per heavy atom. The molecule has 0 spiro atoms. The highest BCUT2D eigenvalue weighted by Crippen LogP contribution is 2.41. The maximum atomic E-state index is 8.10. The molecule has 0 fully saturated rings. The Labute approximate surface area is 171 Å². The van der Waals surface area contributed by atoms with E-state index in [0.717, 1.165) is 25.6 Å². The third-order valence-corrected chi connectivity index (χ3v) is 6.42. The molecule has 3 aliphatic carbocycles. The number of ether oxygens (including phenoxy) is 1. The van der Waals surface area contributed by atoms with E-state index in [0.29, 0.717) is 11.8 Å². The van der Waals surface area contributed by atoms with Gasteiger partial charge in [-0.05, 0) is 36.8 Å². The Morgan fingerprint density at radius 2 is 2.04 bits per heavy atom. The van der Waals surface area contributed by atoms with Gasteiger partial charge in [-0.1, -0.05) is 69.0 Å². The van der Waals surface area contributed by atoms with Crippen LogP contribution in [0, 0.1) is 22.7 Å². The van der Waals surface area contributed by atoms with Crippen molar-refractivity contribution in [3.8, 4) is 0 Å². The van der Waals surface area contributed by atoms with E-state index in [9.17, 15) is 0 Å². The zero-order chi connectivity index (χ0) is 20.1. The minimum atomic E-state index is -0.243. The number of hydrogen-bond acceptors (Lipinski definition) is 3. The summed E-state index contributed by atoms with van der Waals surface area (Å²) >= 11 is 0. The molecule has 0 amide bonds. The Kier molecular flexibility index (Phi) is 6.82. The minimum Gasteiger partial charge on any atom is -0.388 e. The first-order valence-electron chi connectivity index (χ1n) is 10.6. The minimum absolute atomic E-state index is 0.0614. The standard InChI is InChI=1S/C24H34BN2O/c1-24(2,21-12-9-17(15-25-3)13-22(21)27-4)23(16-26)28-20-11-10-18-7-5-6-8-19(18)14-20/h5-8,10-11,13,16,18-20,23,26-27H,9,12,14-15H2,1-4H3/t18-,19?,20+,23?/m0/s1. The topological polar surface area (TPSA) is 45.1 Å². The Morgan fingerprint density at radius 1 is 1.25 bits per heavy atom. The molecule has 1 radical (unpaired) electrons. The predicted octanol–water partition coefficient (Wildman–Crippen LogP) is 5.10. The first-order valence-corrected chi connectivity index (χ1v) is 10.6. The van der Waals surface area contributed by atoms with Gasteiger partial charge in [-0.2, -0.15) is 0 Å². The summed E-state index contributed by atoms with van der Waals surface area (Å²) in [5.74, 6) is 0.999. The molecule has 0 saturated carbocycles. The van der Waals surface area contributed by atoms with Gasteiger partial charge in [0, 0.05) is 30.3 Å². The lowest BCUT2D eigenvalue weighted by Gasteiger charge is -2.40. The molecule has 149 valence electrons. The second kappa shape index (κ2) is 9.13. The summed E-state index contributed by atoms with van der Waals surface area (Å²) in [6, 6.07) is 0. The van der Waals surface area contributed by atoms with Crippen molar-refractivity contribution in [1.29, 1.82) is 5.41 Å². The van der Waals surface area contributed by atoms with E-state index in [1.54, 1.807) is 0 Å². The number of fused-ring (bicyclic) bond motifs is 1. The van der Waals surface area contributed by atoms with Crippen molar-refractivity contribution >= 4 is 13.5 Å². The molecule has 4 heteroatoms. The van der Waals surface area contributed by atoms with Gasteiger partial charge in [-0.3, -0.25) is 0 Å². The van der Waals surface area contributed by atoms with Gasteiger partial charge in [0.15, 0.2) is 0 Å². The lowest BCUT2D eigenvalue weighted by molar-refractivity contribution is -0.0103. The van der Waals surface area contributed by atoms with Crippen LogP contribution in [0.4, 0.5) is 0 Å². The van der Waals surface area contributed by atoms with Crippen LogP contribution in [-0.4, -0.2) is 32.7 Å².